The first-order valence-electron chi connectivity index (χ1n) is 9.34. The summed E-state index contributed by atoms with van der Waals surface area (Å²) in [5, 5.41) is 27.1. The SMILES string of the molecule is O=C(CSc1nnnn1-c1ccccc1)N/N=C\c1ccc(-c2cc([N+](=O)[O-])ccc2Cl)o1. The van der Waals surface area contributed by atoms with E-state index in [1.807, 2.05) is 30.3 Å². The van der Waals surface area contributed by atoms with Crippen LogP contribution in [0.2, 0.25) is 5.02 Å². The predicted molar refractivity (Wildman–Crippen MR) is 121 cm³/mol. The largest absolute Gasteiger partial charge is 0.455 e. The second kappa shape index (κ2) is 10.1. The lowest BCUT2D eigenvalue weighted by Gasteiger charge is -2.03. The van der Waals surface area contributed by atoms with E-state index in [2.05, 4.69) is 26.1 Å². The number of aromatic nitrogens is 4. The minimum absolute atomic E-state index is 0.0389. The van der Waals surface area contributed by atoms with Gasteiger partial charge in [0.05, 0.1) is 27.6 Å². The summed E-state index contributed by atoms with van der Waals surface area (Å²) in [7, 11) is 0. The molecule has 0 saturated heterocycles. The zero-order valence-electron chi connectivity index (χ0n) is 16.7. The highest BCUT2D eigenvalue weighted by molar-refractivity contribution is 7.99. The van der Waals surface area contributed by atoms with E-state index in [9.17, 15) is 14.9 Å². The van der Waals surface area contributed by atoms with Crippen molar-refractivity contribution in [2.45, 2.75) is 5.16 Å². The standard InChI is InChI=1S/C20H14ClN7O4S/c21-17-8-6-14(28(30)31)10-16(17)18-9-7-15(32-18)11-22-23-19(29)12-33-20-24-25-26-27(20)13-4-2-1-3-5-13/h1-11H,12H2,(H,23,29)/b22-11-. The van der Waals surface area contributed by atoms with Gasteiger partial charge in [-0.15, -0.1) is 5.10 Å². The number of rotatable bonds is 8. The molecule has 4 rings (SSSR count). The molecule has 11 nitrogen and oxygen atoms in total. The minimum atomic E-state index is -0.517. The lowest BCUT2D eigenvalue weighted by Crippen LogP contribution is -2.19. The zero-order chi connectivity index (χ0) is 23.2. The number of para-hydroxylation sites is 1. The monoisotopic (exact) mass is 483 g/mol. The molecule has 0 radical (unpaired) electrons. The molecule has 13 heteroatoms. The molecule has 4 aromatic rings. The van der Waals surface area contributed by atoms with E-state index < -0.39 is 4.92 Å². The first-order valence-corrected chi connectivity index (χ1v) is 10.7. The third-order valence-corrected chi connectivity index (χ3v) is 5.46. The van der Waals surface area contributed by atoms with Crippen LogP contribution in [0.5, 0.6) is 0 Å². The summed E-state index contributed by atoms with van der Waals surface area (Å²) in [4.78, 5) is 22.6. The van der Waals surface area contributed by atoms with Crippen LogP contribution in [0.15, 0.2) is 75.3 Å². The van der Waals surface area contributed by atoms with Crippen LogP contribution in [-0.2, 0) is 4.79 Å². The molecule has 0 aliphatic rings. The molecule has 0 fully saturated rings. The van der Waals surface area contributed by atoms with E-state index in [1.54, 1.807) is 12.1 Å². The molecular weight excluding hydrogens is 470 g/mol. The molecule has 2 aromatic heterocycles. The number of nitrogens with zero attached hydrogens (tertiary/aromatic N) is 6. The number of thioether (sulfide) groups is 1. The van der Waals surface area contributed by atoms with E-state index in [4.69, 9.17) is 16.0 Å². The first-order chi connectivity index (χ1) is 16.0. The summed E-state index contributed by atoms with van der Waals surface area (Å²) in [6.07, 6.45) is 1.31. The van der Waals surface area contributed by atoms with Crippen molar-refractivity contribution in [2.75, 3.05) is 5.75 Å². The predicted octanol–water partition coefficient (Wildman–Crippen LogP) is 3.73. The van der Waals surface area contributed by atoms with Crippen LogP contribution in [-0.4, -0.2) is 43.0 Å². The van der Waals surface area contributed by atoms with Crippen molar-refractivity contribution in [1.82, 2.24) is 25.6 Å². The Kier molecular flexibility index (Phi) is 6.76. The Morgan fingerprint density at radius 3 is 2.85 bits per heavy atom. The number of amides is 1. The van der Waals surface area contributed by atoms with Crippen LogP contribution in [0.4, 0.5) is 5.69 Å². The number of non-ortho nitro benzene ring substituents is 1. The lowest BCUT2D eigenvalue weighted by molar-refractivity contribution is -0.384. The molecular formula is C20H14ClN7O4S. The number of nitro groups is 1. The Hall–Kier alpha value is -4.03. The van der Waals surface area contributed by atoms with E-state index >= 15 is 0 Å². The van der Waals surface area contributed by atoms with Gasteiger partial charge in [-0.2, -0.15) is 9.78 Å². The fraction of sp³-hybridized carbons (Fsp3) is 0.0500. The Morgan fingerprint density at radius 1 is 1.24 bits per heavy atom. The normalized spacial score (nSPS) is 11.1. The molecule has 0 spiro atoms. The van der Waals surface area contributed by atoms with Crippen molar-refractivity contribution in [3.8, 4) is 17.0 Å². The molecule has 0 aliphatic carbocycles. The van der Waals surface area contributed by atoms with Crippen molar-refractivity contribution in [1.29, 1.82) is 0 Å². The Bertz CT molecular complexity index is 1320. The summed E-state index contributed by atoms with van der Waals surface area (Å²) >= 11 is 7.28. The molecule has 33 heavy (non-hydrogen) atoms. The molecule has 166 valence electrons. The Balaban J connectivity index is 1.34. The summed E-state index contributed by atoms with van der Waals surface area (Å²) in [5.74, 6) is 0.331. The quantitative estimate of drug-likeness (QED) is 0.173. The topological polar surface area (TPSA) is 141 Å². The van der Waals surface area contributed by atoms with Crippen molar-refractivity contribution in [2.24, 2.45) is 5.10 Å². The van der Waals surface area contributed by atoms with Crippen molar-refractivity contribution >= 4 is 41.2 Å². The third-order valence-electron chi connectivity index (χ3n) is 4.21. The highest BCUT2D eigenvalue weighted by Crippen LogP contribution is 2.32. The number of nitro benzene ring substituents is 1. The fourth-order valence-electron chi connectivity index (χ4n) is 2.71. The van der Waals surface area contributed by atoms with Gasteiger partial charge in [0.1, 0.15) is 11.5 Å². The maximum atomic E-state index is 12.1. The van der Waals surface area contributed by atoms with Crippen molar-refractivity contribution in [3.05, 3.63) is 81.6 Å². The number of benzene rings is 2. The number of carbonyl (C=O) groups is 1. The number of halogens is 1. The van der Waals surface area contributed by atoms with Gasteiger partial charge in [0.25, 0.3) is 11.6 Å². The van der Waals surface area contributed by atoms with Crippen LogP contribution >= 0.6 is 23.4 Å². The fourth-order valence-corrected chi connectivity index (χ4v) is 3.61. The number of hydrogen-bond acceptors (Lipinski definition) is 9. The number of nitrogens with one attached hydrogen (secondary N) is 1. The van der Waals surface area contributed by atoms with E-state index in [1.165, 1.54) is 29.1 Å². The Morgan fingerprint density at radius 2 is 2.06 bits per heavy atom. The average molecular weight is 484 g/mol. The second-order valence-electron chi connectivity index (χ2n) is 6.41. The number of carbonyl (C=O) groups excluding carboxylic acids is 1. The van der Waals surface area contributed by atoms with E-state index in [0.717, 1.165) is 17.4 Å². The molecule has 2 aromatic carbocycles. The molecule has 0 aliphatic heterocycles. The van der Waals surface area contributed by atoms with Gasteiger partial charge in [-0.25, -0.2) is 5.43 Å². The van der Waals surface area contributed by atoms with Gasteiger partial charge in [0.15, 0.2) is 0 Å². The second-order valence-corrected chi connectivity index (χ2v) is 7.76. The first kappa shape index (κ1) is 22.2. The van der Waals surface area contributed by atoms with E-state index in [-0.39, 0.29) is 17.3 Å². The van der Waals surface area contributed by atoms with Crippen molar-refractivity contribution < 1.29 is 14.1 Å². The molecule has 0 unspecified atom stereocenters. The van der Waals surface area contributed by atoms with Crippen molar-refractivity contribution in [3.63, 3.8) is 0 Å². The number of hydrazone groups is 1. The summed E-state index contributed by atoms with van der Waals surface area (Å²) < 4.78 is 7.14. The van der Waals surface area contributed by atoms with Crippen LogP contribution in [0, 0.1) is 10.1 Å². The molecule has 0 bridgehead atoms. The smallest absolute Gasteiger partial charge is 0.270 e. The highest BCUT2D eigenvalue weighted by Gasteiger charge is 2.14. The summed E-state index contributed by atoms with van der Waals surface area (Å²) in [6.45, 7) is 0. The van der Waals surface area contributed by atoms with Gasteiger partial charge in [0, 0.05) is 17.7 Å². The number of hydrogen-bond donors (Lipinski definition) is 1. The zero-order valence-corrected chi connectivity index (χ0v) is 18.2. The molecule has 2 heterocycles. The van der Waals surface area contributed by atoms with E-state index in [0.29, 0.717) is 27.3 Å². The maximum Gasteiger partial charge on any atom is 0.270 e. The third kappa shape index (κ3) is 5.42. The lowest BCUT2D eigenvalue weighted by atomic mass is 10.1. The van der Waals surface area contributed by atoms with Crippen LogP contribution in [0.1, 0.15) is 5.76 Å². The van der Waals surface area contributed by atoms with Gasteiger partial charge in [-0.1, -0.05) is 41.6 Å². The van der Waals surface area contributed by atoms with Crippen LogP contribution < -0.4 is 5.43 Å². The van der Waals surface area contributed by atoms with Gasteiger partial charge in [0.2, 0.25) is 5.16 Å². The molecule has 0 atom stereocenters. The average Bonchev–Trinajstić information content (AvgIpc) is 3.48. The van der Waals surface area contributed by atoms with Gasteiger partial charge >= 0.3 is 0 Å². The summed E-state index contributed by atoms with van der Waals surface area (Å²) in [6, 6.07) is 16.6. The number of tetrazole rings is 1. The molecule has 1 N–H and O–H groups in total. The van der Waals surface area contributed by atoms with Gasteiger partial charge in [-0.3, -0.25) is 14.9 Å². The van der Waals surface area contributed by atoms with Crippen LogP contribution in [0.3, 0.4) is 0 Å². The maximum absolute atomic E-state index is 12.1. The molecule has 0 saturated carbocycles. The van der Waals surface area contributed by atoms with Crippen LogP contribution in [0.25, 0.3) is 17.0 Å². The highest BCUT2D eigenvalue weighted by atomic mass is 35.5. The van der Waals surface area contributed by atoms with Gasteiger partial charge in [-0.05, 0) is 40.8 Å². The molecule has 1 amide bonds. The number of furan rings is 1. The Labute approximate surface area is 195 Å². The minimum Gasteiger partial charge on any atom is -0.455 e. The summed E-state index contributed by atoms with van der Waals surface area (Å²) in [5.41, 5.74) is 3.44. The van der Waals surface area contributed by atoms with Gasteiger partial charge < -0.3 is 4.42 Å².